The molecule has 1 aliphatic carbocycles. The molecule has 262 valence electrons. The Hall–Kier alpha value is -2.86. The van der Waals surface area contributed by atoms with Crippen molar-refractivity contribution in [2.24, 2.45) is 11.8 Å². The second-order valence-electron chi connectivity index (χ2n) is 13.5. The van der Waals surface area contributed by atoms with Gasteiger partial charge in [-0.1, -0.05) is 26.2 Å². The topological polar surface area (TPSA) is 118 Å². The molecule has 0 aromatic heterocycles. The predicted octanol–water partition coefficient (Wildman–Crippen LogP) is 5.80. The molecule has 1 fully saturated rings. The average molecular weight is 674 g/mol. The van der Waals surface area contributed by atoms with E-state index in [1.165, 1.54) is 57.4 Å². The Kier molecular flexibility index (Phi) is 13.8. The van der Waals surface area contributed by atoms with Crippen LogP contribution in [0.4, 0.5) is 5.69 Å². The lowest BCUT2D eigenvalue weighted by atomic mass is 9.89. The third-order valence-corrected chi connectivity index (χ3v) is 10.9. The molecule has 2 N–H and O–H groups in total. The van der Waals surface area contributed by atoms with Crippen LogP contribution >= 0.6 is 0 Å². The van der Waals surface area contributed by atoms with Crippen molar-refractivity contribution >= 4 is 21.6 Å². The van der Waals surface area contributed by atoms with E-state index in [9.17, 15) is 18.3 Å². The Morgan fingerprint density at radius 2 is 1.72 bits per heavy atom. The maximum absolute atomic E-state index is 14.4. The molecule has 4 atom stereocenters. The Bertz CT molecular complexity index is 1380. The highest BCUT2D eigenvalue weighted by atomic mass is 32.2. The van der Waals surface area contributed by atoms with Gasteiger partial charge in [-0.05, 0) is 101 Å². The Morgan fingerprint density at radius 1 is 1.02 bits per heavy atom. The number of ether oxygens (including phenoxy) is 3. The van der Waals surface area contributed by atoms with E-state index in [0.29, 0.717) is 30.6 Å². The number of nitrogens with one attached hydrogen (secondary N) is 1. The molecule has 4 rings (SSSR count). The van der Waals surface area contributed by atoms with E-state index < -0.39 is 16.1 Å². The first-order valence-corrected chi connectivity index (χ1v) is 18.7. The average Bonchev–Trinajstić information content (AvgIpc) is 3.06. The molecule has 2 aliphatic rings. The number of amides is 1. The van der Waals surface area contributed by atoms with Crippen LogP contribution in [-0.2, 0) is 14.8 Å². The lowest BCUT2D eigenvalue weighted by Gasteiger charge is -2.36. The molecule has 1 amide bonds. The Morgan fingerprint density at radius 3 is 2.40 bits per heavy atom. The first-order valence-electron chi connectivity index (χ1n) is 17.2. The highest BCUT2D eigenvalue weighted by Crippen LogP contribution is 2.30. The van der Waals surface area contributed by atoms with Crippen molar-refractivity contribution < 1.29 is 32.5 Å². The zero-order chi connectivity index (χ0) is 34.0. The molecule has 1 heterocycles. The maximum atomic E-state index is 14.4. The van der Waals surface area contributed by atoms with Gasteiger partial charge in [0.1, 0.15) is 11.5 Å². The summed E-state index contributed by atoms with van der Waals surface area (Å²) in [6, 6.07) is 10.4. The molecular formula is C36H55N3O7S. The molecule has 11 heteroatoms. The van der Waals surface area contributed by atoms with Gasteiger partial charge in [0.25, 0.3) is 15.9 Å². The normalized spacial score (nSPS) is 23.0. The summed E-state index contributed by atoms with van der Waals surface area (Å²) < 4.78 is 47.1. The second-order valence-corrected chi connectivity index (χ2v) is 15.2. The van der Waals surface area contributed by atoms with E-state index in [0.717, 1.165) is 32.4 Å². The fraction of sp³-hybridized carbons (Fsp3) is 0.639. The van der Waals surface area contributed by atoms with Crippen molar-refractivity contribution in [2.45, 2.75) is 95.3 Å². The van der Waals surface area contributed by atoms with Gasteiger partial charge in [-0.15, -0.1) is 0 Å². The van der Waals surface area contributed by atoms with Gasteiger partial charge < -0.3 is 29.1 Å². The number of nitrogens with zero attached hydrogens (tertiary/aromatic N) is 2. The molecule has 2 aromatic rings. The fourth-order valence-corrected chi connectivity index (χ4v) is 7.66. The van der Waals surface area contributed by atoms with Gasteiger partial charge in [0, 0.05) is 37.8 Å². The quantitative estimate of drug-likeness (QED) is 0.325. The number of hydrogen-bond acceptors (Lipinski definition) is 8. The van der Waals surface area contributed by atoms with Crippen LogP contribution in [0.5, 0.6) is 11.5 Å². The summed E-state index contributed by atoms with van der Waals surface area (Å²) in [6.45, 7) is 8.48. The Labute approximate surface area is 281 Å². The van der Waals surface area contributed by atoms with Crippen LogP contribution in [0.2, 0.25) is 0 Å². The number of sulfonamides is 1. The maximum Gasteiger partial charge on any atom is 0.261 e. The van der Waals surface area contributed by atoms with Crippen molar-refractivity contribution in [3.8, 4) is 11.5 Å². The van der Waals surface area contributed by atoms with Gasteiger partial charge in [-0.3, -0.25) is 9.52 Å². The van der Waals surface area contributed by atoms with Gasteiger partial charge >= 0.3 is 0 Å². The smallest absolute Gasteiger partial charge is 0.261 e. The van der Waals surface area contributed by atoms with Crippen LogP contribution in [-0.4, -0.2) is 94.5 Å². The third kappa shape index (κ3) is 10.6. The highest BCUT2D eigenvalue weighted by molar-refractivity contribution is 7.92. The summed E-state index contributed by atoms with van der Waals surface area (Å²) in [5, 5.41) is 10.3. The molecule has 0 saturated heterocycles. The predicted molar refractivity (Wildman–Crippen MR) is 185 cm³/mol. The van der Waals surface area contributed by atoms with Gasteiger partial charge in [-0.2, -0.15) is 0 Å². The number of benzene rings is 2. The number of aliphatic hydroxyl groups is 1. The number of anilines is 1. The molecule has 0 unspecified atom stereocenters. The molecule has 2 aromatic carbocycles. The highest BCUT2D eigenvalue weighted by Gasteiger charge is 2.31. The van der Waals surface area contributed by atoms with Crippen LogP contribution in [0.25, 0.3) is 0 Å². The molecule has 1 saturated carbocycles. The molecular weight excluding hydrogens is 618 g/mol. The first-order chi connectivity index (χ1) is 22.5. The monoisotopic (exact) mass is 673 g/mol. The van der Waals surface area contributed by atoms with E-state index in [1.54, 1.807) is 29.2 Å². The van der Waals surface area contributed by atoms with Crippen molar-refractivity contribution in [3.05, 3.63) is 48.0 Å². The molecule has 1 aliphatic heterocycles. The summed E-state index contributed by atoms with van der Waals surface area (Å²) in [4.78, 5) is 18.5. The minimum absolute atomic E-state index is 0.0234. The fourth-order valence-electron chi connectivity index (χ4n) is 6.61. The van der Waals surface area contributed by atoms with Crippen LogP contribution < -0.4 is 14.2 Å². The summed E-state index contributed by atoms with van der Waals surface area (Å²) in [5.74, 6) is 1.28. The number of aliphatic hydroxyl groups excluding tert-OH is 1. The van der Waals surface area contributed by atoms with Crippen LogP contribution in [0, 0.1) is 11.8 Å². The molecule has 0 radical (unpaired) electrons. The van der Waals surface area contributed by atoms with Gasteiger partial charge in [-0.25, -0.2) is 8.42 Å². The number of carbonyl (C=O) groups is 1. The van der Waals surface area contributed by atoms with E-state index in [-0.39, 0.29) is 46.8 Å². The lowest BCUT2D eigenvalue weighted by molar-refractivity contribution is -0.0190. The number of hydrogen-bond donors (Lipinski definition) is 2. The van der Waals surface area contributed by atoms with Gasteiger partial charge in [0.05, 0.1) is 42.4 Å². The number of rotatable bonds is 10. The number of likely N-dealkylation sites (N-methyl/N-ethyl adjacent to an activating group) is 1. The molecule has 47 heavy (non-hydrogen) atoms. The van der Waals surface area contributed by atoms with Crippen molar-refractivity contribution in [1.29, 1.82) is 0 Å². The van der Waals surface area contributed by atoms with E-state index >= 15 is 0 Å². The van der Waals surface area contributed by atoms with Gasteiger partial charge in [0.2, 0.25) is 0 Å². The summed E-state index contributed by atoms with van der Waals surface area (Å²) in [7, 11) is -0.266. The summed E-state index contributed by atoms with van der Waals surface area (Å²) in [6.07, 6.45) is 8.82. The minimum atomic E-state index is -3.95. The standard InChI is InChI=1S/C36H55N3O7S/c1-26-22-39(27(2)25-40)36(41)33-21-30(37-47(42,43)32-17-15-31(44-5)16-18-32)14-19-34(33)46-28(3)11-9-10-20-45-35(26)24-38(4)23-29-12-7-6-8-13-29/h14-19,21,26-29,35,37,40H,6-13,20,22-25H2,1-5H3/t26-,27+,28-,35+/m1/s1. The number of methoxy groups -OCH3 is 1. The van der Waals surface area contributed by atoms with Crippen molar-refractivity contribution in [1.82, 2.24) is 9.80 Å². The van der Waals surface area contributed by atoms with Crippen LogP contribution in [0.3, 0.4) is 0 Å². The SMILES string of the molecule is COc1ccc(S(=O)(=O)Nc2ccc3c(c2)C(=O)N([C@@H](C)CO)C[C@@H](C)[C@H](CN(C)CC2CCCCC2)OCCCC[C@@H](C)O3)cc1. The zero-order valence-electron chi connectivity index (χ0n) is 28.8. The lowest BCUT2D eigenvalue weighted by Crippen LogP contribution is -2.47. The zero-order valence-corrected chi connectivity index (χ0v) is 29.6. The van der Waals surface area contributed by atoms with Crippen LogP contribution in [0.1, 0.15) is 82.5 Å². The second kappa shape index (κ2) is 17.5. The van der Waals surface area contributed by atoms with Gasteiger partial charge in [0.15, 0.2) is 0 Å². The molecule has 0 bridgehead atoms. The number of fused-ring (bicyclic) bond motifs is 1. The molecule has 0 spiro atoms. The summed E-state index contributed by atoms with van der Waals surface area (Å²) in [5.41, 5.74) is 0.476. The molecule has 10 nitrogen and oxygen atoms in total. The largest absolute Gasteiger partial charge is 0.497 e. The number of carbonyl (C=O) groups excluding carboxylic acids is 1. The minimum Gasteiger partial charge on any atom is -0.497 e. The summed E-state index contributed by atoms with van der Waals surface area (Å²) >= 11 is 0. The van der Waals surface area contributed by atoms with Crippen molar-refractivity contribution in [2.75, 3.05) is 51.7 Å². The third-order valence-electron chi connectivity index (χ3n) is 9.46. The van der Waals surface area contributed by atoms with E-state index in [2.05, 4.69) is 23.6 Å². The van der Waals surface area contributed by atoms with E-state index in [4.69, 9.17) is 14.2 Å². The van der Waals surface area contributed by atoms with E-state index in [1.807, 2.05) is 13.8 Å². The van der Waals surface area contributed by atoms with Crippen LogP contribution in [0.15, 0.2) is 47.4 Å². The first kappa shape index (κ1) is 37.0. The van der Waals surface area contributed by atoms with Crippen molar-refractivity contribution in [3.63, 3.8) is 0 Å². The Balaban J connectivity index is 1.61.